The summed E-state index contributed by atoms with van der Waals surface area (Å²) in [6.45, 7) is 4.71. The van der Waals surface area contributed by atoms with Crippen molar-refractivity contribution in [1.29, 1.82) is 0 Å². The van der Waals surface area contributed by atoms with Gasteiger partial charge >= 0.3 is 0 Å². The molecular formula is C12H22N2OS2. The van der Waals surface area contributed by atoms with Crippen LogP contribution in [0.25, 0.3) is 0 Å². The molecule has 17 heavy (non-hydrogen) atoms. The van der Waals surface area contributed by atoms with E-state index in [0.717, 1.165) is 6.54 Å². The molecule has 1 fully saturated rings. The van der Waals surface area contributed by atoms with Crippen molar-refractivity contribution in [3.05, 3.63) is 0 Å². The molecule has 1 heterocycles. The lowest BCUT2D eigenvalue weighted by atomic mass is 9.94. The first-order valence-corrected chi connectivity index (χ1v) is 7.73. The smallest absolute Gasteiger partial charge is 0.230 e. The highest BCUT2D eigenvalue weighted by molar-refractivity contribution is 7.99. The minimum Gasteiger partial charge on any atom is -0.393 e. The summed E-state index contributed by atoms with van der Waals surface area (Å²) in [5.41, 5.74) is 5.61. The summed E-state index contributed by atoms with van der Waals surface area (Å²) in [4.78, 5) is 12.3. The Morgan fingerprint density at radius 1 is 1.47 bits per heavy atom. The van der Waals surface area contributed by atoms with Crippen LogP contribution >= 0.6 is 24.0 Å². The summed E-state index contributed by atoms with van der Waals surface area (Å²) in [5, 5.41) is 3.00. The van der Waals surface area contributed by atoms with Gasteiger partial charge in [-0.3, -0.25) is 4.79 Å². The van der Waals surface area contributed by atoms with Crippen LogP contribution < -0.4 is 11.1 Å². The zero-order valence-electron chi connectivity index (χ0n) is 10.6. The molecular weight excluding hydrogens is 252 g/mol. The second kappa shape index (κ2) is 7.21. The number of amides is 1. The lowest BCUT2D eigenvalue weighted by Gasteiger charge is -2.24. The minimum atomic E-state index is -0.331. The molecule has 0 aromatic heterocycles. The normalized spacial score (nSPS) is 19.0. The van der Waals surface area contributed by atoms with Crippen LogP contribution in [0.2, 0.25) is 0 Å². The summed E-state index contributed by atoms with van der Waals surface area (Å²) in [7, 11) is 0. The first-order chi connectivity index (χ1) is 8.02. The van der Waals surface area contributed by atoms with E-state index in [4.69, 9.17) is 18.0 Å². The van der Waals surface area contributed by atoms with Crippen LogP contribution in [0.1, 0.15) is 26.7 Å². The molecule has 98 valence electrons. The van der Waals surface area contributed by atoms with Gasteiger partial charge in [0.1, 0.15) is 0 Å². The summed E-state index contributed by atoms with van der Waals surface area (Å²) >= 11 is 6.95. The molecule has 1 rings (SSSR count). The molecule has 1 atom stereocenters. The van der Waals surface area contributed by atoms with Gasteiger partial charge in [0.15, 0.2) is 0 Å². The Morgan fingerprint density at radius 2 is 2.06 bits per heavy atom. The van der Waals surface area contributed by atoms with Gasteiger partial charge in [-0.1, -0.05) is 26.1 Å². The molecule has 0 saturated carbocycles. The fraction of sp³-hybridized carbons (Fsp3) is 0.833. The Morgan fingerprint density at radius 3 is 2.53 bits per heavy atom. The van der Waals surface area contributed by atoms with Gasteiger partial charge in [0, 0.05) is 6.54 Å². The second-order valence-electron chi connectivity index (χ2n) is 4.92. The molecule has 0 aromatic carbocycles. The molecule has 1 saturated heterocycles. The van der Waals surface area contributed by atoms with Gasteiger partial charge in [0.2, 0.25) is 5.91 Å². The highest BCUT2D eigenvalue weighted by atomic mass is 32.2. The number of nitrogens with two attached hydrogens (primary N) is 1. The van der Waals surface area contributed by atoms with E-state index in [9.17, 15) is 4.79 Å². The van der Waals surface area contributed by atoms with Crippen molar-refractivity contribution in [3.63, 3.8) is 0 Å². The van der Waals surface area contributed by atoms with Gasteiger partial charge in [-0.15, -0.1) is 0 Å². The molecule has 3 nitrogen and oxygen atoms in total. The average molecular weight is 274 g/mol. The maximum Gasteiger partial charge on any atom is 0.230 e. The quantitative estimate of drug-likeness (QED) is 0.751. The number of hydrogen-bond donors (Lipinski definition) is 2. The van der Waals surface area contributed by atoms with Crippen LogP contribution in [0.5, 0.6) is 0 Å². The zero-order valence-corrected chi connectivity index (χ0v) is 12.2. The highest BCUT2D eigenvalue weighted by Crippen LogP contribution is 2.22. The van der Waals surface area contributed by atoms with E-state index in [1.165, 1.54) is 24.3 Å². The largest absolute Gasteiger partial charge is 0.393 e. The first kappa shape index (κ1) is 14.8. The summed E-state index contributed by atoms with van der Waals surface area (Å²) in [6, 6.07) is 0. The van der Waals surface area contributed by atoms with Crippen molar-refractivity contribution in [3.8, 4) is 0 Å². The standard InChI is InChI=1S/C12H22N2OS2/c1-8(2)10(11(13)16)12(15)14-7-9-3-5-17-6-4-9/h8-10H,3-7H2,1-2H3,(H2,13,16)(H,14,15). The van der Waals surface area contributed by atoms with E-state index in [1.54, 1.807) is 0 Å². The van der Waals surface area contributed by atoms with Gasteiger partial charge in [0.05, 0.1) is 10.9 Å². The van der Waals surface area contributed by atoms with Crippen LogP contribution in [0.15, 0.2) is 0 Å². The van der Waals surface area contributed by atoms with Crippen LogP contribution in [-0.2, 0) is 4.79 Å². The minimum absolute atomic E-state index is 0.00859. The van der Waals surface area contributed by atoms with Gasteiger partial charge in [0.25, 0.3) is 0 Å². The topological polar surface area (TPSA) is 55.1 Å². The molecule has 1 amide bonds. The van der Waals surface area contributed by atoms with Crippen molar-refractivity contribution in [2.45, 2.75) is 26.7 Å². The Bertz CT molecular complexity index is 276. The predicted molar refractivity (Wildman–Crippen MR) is 78.2 cm³/mol. The number of carbonyl (C=O) groups is 1. The van der Waals surface area contributed by atoms with E-state index in [2.05, 4.69) is 5.32 Å². The number of hydrogen-bond acceptors (Lipinski definition) is 3. The van der Waals surface area contributed by atoms with Crippen molar-refractivity contribution in [2.24, 2.45) is 23.5 Å². The van der Waals surface area contributed by atoms with Gasteiger partial charge in [-0.05, 0) is 36.2 Å². The molecule has 1 aliphatic rings. The molecule has 1 unspecified atom stereocenters. The van der Waals surface area contributed by atoms with Gasteiger partial charge in [-0.2, -0.15) is 11.8 Å². The third-order valence-corrected chi connectivity index (χ3v) is 4.46. The molecule has 1 aliphatic heterocycles. The summed E-state index contributed by atoms with van der Waals surface area (Å²) in [6.07, 6.45) is 2.40. The number of carbonyl (C=O) groups excluding carboxylic acids is 1. The van der Waals surface area contributed by atoms with Crippen LogP contribution in [-0.4, -0.2) is 28.9 Å². The maximum atomic E-state index is 12.0. The van der Waals surface area contributed by atoms with Crippen molar-refractivity contribution >= 4 is 34.9 Å². The number of thiocarbonyl (C=S) groups is 1. The third-order valence-electron chi connectivity index (χ3n) is 3.16. The molecule has 0 spiro atoms. The van der Waals surface area contributed by atoms with Crippen molar-refractivity contribution < 1.29 is 4.79 Å². The summed E-state index contributed by atoms with van der Waals surface area (Å²) in [5.74, 6) is 2.87. The summed E-state index contributed by atoms with van der Waals surface area (Å²) < 4.78 is 0. The molecule has 5 heteroatoms. The fourth-order valence-electron chi connectivity index (χ4n) is 2.07. The third kappa shape index (κ3) is 4.84. The van der Waals surface area contributed by atoms with E-state index in [0.29, 0.717) is 10.9 Å². The van der Waals surface area contributed by atoms with E-state index in [-0.39, 0.29) is 17.7 Å². The monoisotopic (exact) mass is 274 g/mol. The maximum absolute atomic E-state index is 12.0. The van der Waals surface area contributed by atoms with Crippen LogP contribution in [0.3, 0.4) is 0 Å². The molecule has 0 aliphatic carbocycles. The van der Waals surface area contributed by atoms with E-state index >= 15 is 0 Å². The number of rotatable bonds is 5. The first-order valence-electron chi connectivity index (χ1n) is 6.17. The Labute approximate surface area is 113 Å². The Kier molecular flexibility index (Phi) is 6.27. The van der Waals surface area contributed by atoms with E-state index in [1.807, 2.05) is 25.6 Å². The fourth-order valence-corrected chi connectivity index (χ4v) is 3.65. The lowest BCUT2D eigenvalue weighted by Crippen LogP contribution is -2.42. The van der Waals surface area contributed by atoms with Gasteiger partial charge in [-0.25, -0.2) is 0 Å². The molecule has 0 bridgehead atoms. The van der Waals surface area contributed by atoms with Crippen molar-refractivity contribution in [1.82, 2.24) is 5.32 Å². The van der Waals surface area contributed by atoms with Gasteiger partial charge < -0.3 is 11.1 Å². The molecule has 0 radical (unpaired) electrons. The van der Waals surface area contributed by atoms with E-state index < -0.39 is 0 Å². The number of thioether (sulfide) groups is 1. The highest BCUT2D eigenvalue weighted by Gasteiger charge is 2.25. The van der Waals surface area contributed by atoms with Crippen LogP contribution in [0, 0.1) is 17.8 Å². The number of nitrogens with one attached hydrogen (secondary N) is 1. The Hall–Kier alpha value is -0.290. The Balaban J connectivity index is 2.38. The molecule has 3 N–H and O–H groups in total. The zero-order chi connectivity index (χ0) is 12.8. The predicted octanol–water partition coefficient (Wildman–Crippen LogP) is 1.80. The molecule has 0 aromatic rings. The lowest BCUT2D eigenvalue weighted by molar-refractivity contribution is -0.124. The van der Waals surface area contributed by atoms with Crippen molar-refractivity contribution in [2.75, 3.05) is 18.1 Å². The van der Waals surface area contributed by atoms with Crippen LogP contribution in [0.4, 0.5) is 0 Å². The second-order valence-corrected chi connectivity index (χ2v) is 6.62. The SMILES string of the molecule is CC(C)C(C(=O)NCC1CCSCC1)C(N)=S. The average Bonchev–Trinajstić information content (AvgIpc) is 2.27.